The lowest BCUT2D eigenvalue weighted by atomic mass is 10.3. The van der Waals surface area contributed by atoms with Gasteiger partial charge in [-0.2, -0.15) is 5.10 Å². The van der Waals surface area contributed by atoms with Crippen LogP contribution in [0.2, 0.25) is 0 Å². The standard InChI is InChI=1S/C10H20N4O2S/c1-4-10(5-11)17(15,16)13-9-6-12-14(7-9)8(2)3/h6-8,10,13H,4-5,11H2,1-3H3. The van der Waals surface area contributed by atoms with E-state index < -0.39 is 15.3 Å². The molecule has 0 saturated carbocycles. The molecule has 6 nitrogen and oxygen atoms in total. The van der Waals surface area contributed by atoms with E-state index in [1.807, 2.05) is 13.8 Å². The highest BCUT2D eigenvalue weighted by molar-refractivity contribution is 7.93. The van der Waals surface area contributed by atoms with E-state index in [0.29, 0.717) is 12.1 Å². The normalized spacial score (nSPS) is 13.9. The molecule has 1 rings (SSSR count). The number of hydrogen-bond acceptors (Lipinski definition) is 4. The Balaban J connectivity index is 2.82. The van der Waals surface area contributed by atoms with Gasteiger partial charge in [-0.25, -0.2) is 8.42 Å². The predicted octanol–water partition coefficient (Wildman–Crippen LogP) is 0.943. The SMILES string of the molecule is CCC(CN)S(=O)(=O)Nc1cnn(C(C)C)c1. The zero-order valence-corrected chi connectivity index (χ0v) is 11.2. The van der Waals surface area contributed by atoms with Gasteiger partial charge < -0.3 is 5.73 Å². The fourth-order valence-corrected chi connectivity index (χ4v) is 2.73. The molecule has 0 fully saturated rings. The minimum absolute atomic E-state index is 0.115. The Bertz CT molecular complexity index is 449. The van der Waals surface area contributed by atoms with Crippen molar-refractivity contribution in [2.24, 2.45) is 5.73 Å². The maximum Gasteiger partial charge on any atom is 0.236 e. The monoisotopic (exact) mass is 260 g/mol. The van der Waals surface area contributed by atoms with Crippen molar-refractivity contribution in [1.82, 2.24) is 9.78 Å². The van der Waals surface area contributed by atoms with Crippen LogP contribution in [0.4, 0.5) is 5.69 Å². The second-order valence-corrected chi connectivity index (χ2v) is 6.18. The Labute approximate surface area is 102 Å². The lowest BCUT2D eigenvalue weighted by molar-refractivity contribution is 0.532. The van der Waals surface area contributed by atoms with E-state index in [9.17, 15) is 8.42 Å². The predicted molar refractivity (Wildman–Crippen MR) is 68.3 cm³/mol. The van der Waals surface area contributed by atoms with Crippen molar-refractivity contribution < 1.29 is 8.42 Å². The van der Waals surface area contributed by atoms with E-state index in [-0.39, 0.29) is 12.6 Å². The fraction of sp³-hybridized carbons (Fsp3) is 0.700. The minimum atomic E-state index is -3.42. The summed E-state index contributed by atoms with van der Waals surface area (Å²) in [6, 6.07) is 0.199. The Kier molecular flexibility index (Phi) is 4.53. The molecule has 1 atom stereocenters. The van der Waals surface area contributed by atoms with Crippen LogP contribution >= 0.6 is 0 Å². The van der Waals surface area contributed by atoms with Crippen molar-refractivity contribution >= 4 is 15.7 Å². The van der Waals surface area contributed by atoms with E-state index in [2.05, 4.69) is 9.82 Å². The van der Waals surface area contributed by atoms with Crippen LogP contribution in [0.25, 0.3) is 0 Å². The van der Waals surface area contributed by atoms with Crippen LogP contribution in [0.15, 0.2) is 12.4 Å². The fourth-order valence-electron chi connectivity index (χ4n) is 1.43. The van der Waals surface area contributed by atoms with E-state index in [1.54, 1.807) is 17.8 Å². The average Bonchev–Trinajstić information content (AvgIpc) is 2.66. The minimum Gasteiger partial charge on any atom is -0.329 e. The molecule has 0 amide bonds. The quantitative estimate of drug-likeness (QED) is 0.796. The zero-order chi connectivity index (χ0) is 13.1. The van der Waals surface area contributed by atoms with Gasteiger partial charge in [0.25, 0.3) is 0 Å². The molecule has 98 valence electrons. The third-order valence-corrected chi connectivity index (χ3v) is 4.47. The van der Waals surface area contributed by atoms with Crippen LogP contribution in [0, 0.1) is 0 Å². The molecule has 1 unspecified atom stereocenters. The maximum atomic E-state index is 11.9. The average molecular weight is 260 g/mol. The smallest absolute Gasteiger partial charge is 0.236 e. The van der Waals surface area contributed by atoms with Gasteiger partial charge >= 0.3 is 0 Å². The van der Waals surface area contributed by atoms with Crippen LogP contribution in [-0.4, -0.2) is 30.0 Å². The molecule has 17 heavy (non-hydrogen) atoms. The molecule has 0 aromatic carbocycles. The summed E-state index contributed by atoms with van der Waals surface area (Å²) in [4.78, 5) is 0. The number of anilines is 1. The first-order valence-corrected chi connectivity index (χ1v) is 7.21. The second kappa shape index (κ2) is 5.50. The lowest BCUT2D eigenvalue weighted by Gasteiger charge is -2.14. The van der Waals surface area contributed by atoms with Crippen LogP contribution in [-0.2, 0) is 10.0 Å². The van der Waals surface area contributed by atoms with Crippen molar-refractivity contribution in [2.45, 2.75) is 38.5 Å². The molecule has 1 heterocycles. The highest BCUT2D eigenvalue weighted by Crippen LogP contribution is 2.14. The molecular formula is C10H20N4O2S. The number of hydrogen-bond donors (Lipinski definition) is 2. The first-order valence-electron chi connectivity index (χ1n) is 5.66. The van der Waals surface area contributed by atoms with Crippen molar-refractivity contribution in [2.75, 3.05) is 11.3 Å². The van der Waals surface area contributed by atoms with E-state index in [1.165, 1.54) is 6.20 Å². The summed E-state index contributed by atoms with van der Waals surface area (Å²) in [5.41, 5.74) is 5.91. The second-order valence-electron chi connectivity index (χ2n) is 4.22. The highest BCUT2D eigenvalue weighted by atomic mass is 32.2. The molecule has 0 spiro atoms. The number of aromatic nitrogens is 2. The highest BCUT2D eigenvalue weighted by Gasteiger charge is 2.22. The Morgan fingerprint density at radius 2 is 2.18 bits per heavy atom. The number of nitrogens with zero attached hydrogens (tertiary/aromatic N) is 2. The number of nitrogens with one attached hydrogen (secondary N) is 1. The zero-order valence-electron chi connectivity index (χ0n) is 10.4. The summed E-state index contributed by atoms with van der Waals surface area (Å²) in [6.45, 7) is 5.86. The Hall–Kier alpha value is -1.08. The molecule has 0 saturated heterocycles. The topological polar surface area (TPSA) is 90.0 Å². The van der Waals surface area contributed by atoms with Crippen molar-refractivity contribution in [3.05, 3.63) is 12.4 Å². The van der Waals surface area contributed by atoms with Crippen LogP contribution < -0.4 is 10.5 Å². The summed E-state index contributed by atoms with van der Waals surface area (Å²) in [5.74, 6) is 0. The van der Waals surface area contributed by atoms with E-state index in [4.69, 9.17) is 5.73 Å². The summed E-state index contributed by atoms with van der Waals surface area (Å²) in [5, 5.41) is 3.50. The van der Waals surface area contributed by atoms with E-state index in [0.717, 1.165) is 0 Å². The summed E-state index contributed by atoms with van der Waals surface area (Å²) >= 11 is 0. The third kappa shape index (κ3) is 3.44. The third-order valence-electron chi connectivity index (χ3n) is 2.55. The van der Waals surface area contributed by atoms with Crippen LogP contribution in [0.3, 0.4) is 0 Å². The van der Waals surface area contributed by atoms with Gasteiger partial charge in [-0.3, -0.25) is 9.40 Å². The van der Waals surface area contributed by atoms with E-state index >= 15 is 0 Å². The van der Waals surface area contributed by atoms with Gasteiger partial charge in [-0.05, 0) is 20.3 Å². The molecule has 3 N–H and O–H groups in total. The molecule has 0 bridgehead atoms. The molecule has 0 aliphatic heterocycles. The number of nitrogens with two attached hydrogens (primary N) is 1. The Morgan fingerprint density at radius 1 is 1.53 bits per heavy atom. The number of rotatable bonds is 6. The van der Waals surface area contributed by atoms with Gasteiger partial charge in [0.1, 0.15) is 0 Å². The van der Waals surface area contributed by atoms with Crippen molar-refractivity contribution in [3.8, 4) is 0 Å². The molecule has 0 radical (unpaired) electrons. The molecule has 0 aliphatic rings. The summed E-state index contributed by atoms with van der Waals surface area (Å²) < 4.78 is 28.0. The molecule has 7 heteroatoms. The summed E-state index contributed by atoms with van der Waals surface area (Å²) in [6.07, 6.45) is 3.66. The molecular weight excluding hydrogens is 240 g/mol. The maximum absolute atomic E-state index is 11.9. The van der Waals surface area contributed by atoms with Gasteiger partial charge in [0.15, 0.2) is 0 Å². The van der Waals surface area contributed by atoms with Gasteiger partial charge in [0.05, 0.1) is 17.1 Å². The van der Waals surface area contributed by atoms with Gasteiger partial charge in [0.2, 0.25) is 10.0 Å². The molecule has 1 aromatic rings. The molecule has 1 aromatic heterocycles. The van der Waals surface area contributed by atoms with Gasteiger partial charge in [-0.1, -0.05) is 6.92 Å². The number of sulfonamides is 1. The van der Waals surface area contributed by atoms with Crippen LogP contribution in [0.1, 0.15) is 33.2 Å². The van der Waals surface area contributed by atoms with Crippen LogP contribution in [0.5, 0.6) is 0 Å². The Morgan fingerprint density at radius 3 is 2.59 bits per heavy atom. The first kappa shape index (κ1) is 14.0. The van der Waals surface area contributed by atoms with Gasteiger partial charge in [-0.15, -0.1) is 0 Å². The summed E-state index contributed by atoms with van der Waals surface area (Å²) in [7, 11) is -3.42. The van der Waals surface area contributed by atoms with Gasteiger partial charge in [0, 0.05) is 18.8 Å². The first-order chi connectivity index (χ1) is 7.90. The molecule has 0 aliphatic carbocycles. The lowest BCUT2D eigenvalue weighted by Crippen LogP contribution is -2.33. The van der Waals surface area contributed by atoms with Crippen molar-refractivity contribution in [3.63, 3.8) is 0 Å². The largest absolute Gasteiger partial charge is 0.329 e. The van der Waals surface area contributed by atoms with Crippen molar-refractivity contribution in [1.29, 1.82) is 0 Å².